The number of hydrogen-bond donors (Lipinski definition) is 0. The molecule has 0 N–H and O–H groups in total. The summed E-state index contributed by atoms with van der Waals surface area (Å²) in [5.41, 5.74) is 2.78. The standard InChI is InChI=1S/C27H48O/c1-4-6-8-10-12-14-16-18-20-26-24-25(3)21-22-27(26)28-23-19-17-15-13-11-9-7-5-2/h21-22,24H,4-20,23H2,1-3H3. The van der Waals surface area contributed by atoms with Crippen LogP contribution in [0.4, 0.5) is 0 Å². The van der Waals surface area contributed by atoms with Crippen molar-refractivity contribution < 1.29 is 4.74 Å². The summed E-state index contributed by atoms with van der Waals surface area (Å²) in [6.07, 6.45) is 23.1. The summed E-state index contributed by atoms with van der Waals surface area (Å²) in [5, 5.41) is 0. The Morgan fingerprint density at radius 3 is 1.68 bits per heavy atom. The first-order valence-corrected chi connectivity index (χ1v) is 12.5. The highest BCUT2D eigenvalue weighted by molar-refractivity contribution is 5.37. The second-order valence-electron chi connectivity index (χ2n) is 8.66. The van der Waals surface area contributed by atoms with E-state index in [0.717, 1.165) is 12.4 Å². The van der Waals surface area contributed by atoms with Gasteiger partial charge in [-0.2, -0.15) is 0 Å². The molecule has 0 radical (unpaired) electrons. The molecule has 0 unspecified atom stereocenters. The van der Waals surface area contributed by atoms with Crippen molar-refractivity contribution in [3.05, 3.63) is 29.3 Å². The van der Waals surface area contributed by atoms with Crippen molar-refractivity contribution in [2.45, 2.75) is 130 Å². The first-order valence-electron chi connectivity index (χ1n) is 12.5. The van der Waals surface area contributed by atoms with Gasteiger partial charge in [0, 0.05) is 0 Å². The van der Waals surface area contributed by atoms with Crippen LogP contribution in [0.3, 0.4) is 0 Å². The van der Waals surface area contributed by atoms with Gasteiger partial charge < -0.3 is 4.74 Å². The second kappa shape index (κ2) is 18.1. The topological polar surface area (TPSA) is 9.23 Å². The van der Waals surface area contributed by atoms with Crippen molar-refractivity contribution in [2.75, 3.05) is 6.61 Å². The zero-order valence-corrected chi connectivity index (χ0v) is 19.4. The van der Waals surface area contributed by atoms with Gasteiger partial charge in [0.05, 0.1) is 6.61 Å². The van der Waals surface area contributed by atoms with E-state index in [0.29, 0.717) is 0 Å². The highest BCUT2D eigenvalue weighted by atomic mass is 16.5. The zero-order valence-electron chi connectivity index (χ0n) is 19.4. The number of benzene rings is 1. The predicted molar refractivity (Wildman–Crippen MR) is 126 cm³/mol. The third-order valence-corrected chi connectivity index (χ3v) is 5.77. The largest absolute Gasteiger partial charge is 0.493 e. The second-order valence-corrected chi connectivity index (χ2v) is 8.66. The Bertz CT molecular complexity index is 465. The van der Waals surface area contributed by atoms with Crippen LogP contribution in [0.5, 0.6) is 5.75 Å². The van der Waals surface area contributed by atoms with Crippen LogP contribution >= 0.6 is 0 Å². The summed E-state index contributed by atoms with van der Waals surface area (Å²) < 4.78 is 6.16. The van der Waals surface area contributed by atoms with E-state index in [1.165, 1.54) is 120 Å². The summed E-state index contributed by atoms with van der Waals surface area (Å²) in [6, 6.07) is 6.73. The quantitative estimate of drug-likeness (QED) is 0.215. The number of hydrogen-bond acceptors (Lipinski definition) is 1. The van der Waals surface area contributed by atoms with Gasteiger partial charge in [0.2, 0.25) is 0 Å². The van der Waals surface area contributed by atoms with E-state index in [-0.39, 0.29) is 0 Å². The Hall–Kier alpha value is -0.980. The fourth-order valence-corrected chi connectivity index (χ4v) is 3.91. The van der Waals surface area contributed by atoms with Gasteiger partial charge in [-0.25, -0.2) is 0 Å². The highest BCUT2D eigenvalue weighted by Crippen LogP contribution is 2.23. The Morgan fingerprint density at radius 2 is 1.11 bits per heavy atom. The summed E-state index contributed by atoms with van der Waals surface area (Å²) >= 11 is 0. The van der Waals surface area contributed by atoms with Crippen LogP contribution in [-0.4, -0.2) is 6.61 Å². The van der Waals surface area contributed by atoms with Gasteiger partial charge in [-0.3, -0.25) is 0 Å². The fourth-order valence-electron chi connectivity index (χ4n) is 3.91. The van der Waals surface area contributed by atoms with Crippen molar-refractivity contribution in [3.8, 4) is 5.75 Å². The predicted octanol–water partition coefficient (Wildman–Crippen LogP) is 9.20. The molecular formula is C27H48O. The van der Waals surface area contributed by atoms with Crippen molar-refractivity contribution in [1.82, 2.24) is 0 Å². The molecule has 0 atom stereocenters. The maximum Gasteiger partial charge on any atom is 0.122 e. The van der Waals surface area contributed by atoms with Gasteiger partial charge in [0.25, 0.3) is 0 Å². The Kier molecular flexibility index (Phi) is 16.2. The minimum Gasteiger partial charge on any atom is -0.493 e. The van der Waals surface area contributed by atoms with Crippen molar-refractivity contribution in [1.29, 1.82) is 0 Å². The lowest BCUT2D eigenvalue weighted by molar-refractivity contribution is 0.301. The molecular weight excluding hydrogens is 340 g/mol. The van der Waals surface area contributed by atoms with Crippen molar-refractivity contribution in [2.24, 2.45) is 0 Å². The molecule has 1 aromatic rings. The SMILES string of the molecule is CCCCCCCCCCOc1ccc(C)cc1CCCCCCCCCC. The molecule has 0 saturated carbocycles. The third-order valence-electron chi connectivity index (χ3n) is 5.77. The van der Waals surface area contributed by atoms with E-state index < -0.39 is 0 Å². The molecule has 162 valence electrons. The summed E-state index contributed by atoms with van der Waals surface area (Å²) in [7, 11) is 0. The fraction of sp³-hybridized carbons (Fsp3) is 0.778. The first-order chi connectivity index (χ1) is 13.8. The lowest BCUT2D eigenvalue weighted by atomic mass is 10.0. The monoisotopic (exact) mass is 388 g/mol. The highest BCUT2D eigenvalue weighted by Gasteiger charge is 2.05. The maximum absolute atomic E-state index is 6.16. The van der Waals surface area contributed by atoms with Gasteiger partial charge in [0.15, 0.2) is 0 Å². The lowest BCUT2D eigenvalue weighted by Gasteiger charge is -2.13. The molecule has 0 heterocycles. The van der Waals surface area contributed by atoms with E-state index in [1.807, 2.05) is 0 Å². The Morgan fingerprint density at radius 1 is 0.607 bits per heavy atom. The van der Waals surface area contributed by atoms with Crippen LogP contribution in [0.2, 0.25) is 0 Å². The zero-order chi connectivity index (χ0) is 20.3. The van der Waals surface area contributed by atoms with Crippen molar-refractivity contribution in [3.63, 3.8) is 0 Å². The Balaban J connectivity index is 2.17. The molecule has 1 aromatic carbocycles. The smallest absolute Gasteiger partial charge is 0.122 e. The van der Waals surface area contributed by atoms with Crippen LogP contribution in [0, 0.1) is 6.92 Å². The van der Waals surface area contributed by atoms with Gasteiger partial charge in [-0.05, 0) is 37.8 Å². The van der Waals surface area contributed by atoms with Gasteiger partial charge >= 0.3 is 0 Å². The maximum atomic E-state index is 6.16. The van der Waals surface area contributed by atoms with Crippen LogP contribution in [-0.2, 0) is 6.42 Å². The summed E-state index contributed by atoms with van der Waals surface area (Å²) in [5.74, 6) is 1.14. The molecule has 0 aliphatic heterocycles. The number of rotatable bonds is 19. The lowest BCUT2D eigenvalue weighted by Crippen LogP contribution is -2.01. The average Bonchev–Trinajstić information content (AvgIpc) is 2.70. The Labute approximate surface area is 176 Å². The third kappa shape index (κ3) is 13.2. The molecule has 0 amide bonds. The first kappa shape index (κ1) is 25.1. The van der Waals surface area contributed by atoms with Crippen LogP contribution in [0.15, 0.2) is 18.2 Å². The van der Waals surface area contributed by atoms with Gasteiger partial charge in [-0.15, -0.1) is 0 Å². The molecule has 1 rings (SSSR count). The average molecular weight is 389 g/mol. The number of ether oxygens (including phenoxy) is 1. The molecule has 0 aliphatic rings. The van der Waals surface area contributed by atoms with E-state index >= 15 is 0 Å². The molecule has 0 spiro atoms. The van der Waals surface area contributed by atoms with E-state index in [9.17, 15) is 0 Å². The molecule has 0 saturated heterocycles. The molecule has 0 bridgehead atoms. The van der Waals surface area contributed by atoms with Crippen LogP contribution in [0.1, 0.15) is 128 Å². The molecule has 0 fully saturated rings. The molecule has 0 aromatic heterocycles. The van der Waals surface area contributed by atoms with E-state index in [4.69, 9.17) is 4.74 Å². The minimum atomic E-state index is 0.877. The van der Waals surface area contributed by atoms with Gasteiger partial charge in [0.1, 0.15) is 5.75 Å². The van der Waals surface area contributed by atoms with E-state index in [2.05, 4.69) is 39.0 Å². The minimum absolute atomic E-state index is 0.877. The molecule has 28 heavy (non-hydrogen) atoms. The molecule has 1 heteroatoms. The number of aryl methyl sites for hydroxylation is 2. The summed E-state index contributed by atoms with van der Waals surface area (Å²) in [4.78, 5) is 0. The van der Waals surface area contributed by atoms with Gasteiger partial charge in [-0.1, -0.05) is 121 Å². The van der Waals surface area contributed by atoms with Crippen LogP contribution in [0.25, 0.3) is 0 Å². The normalized spacial score (nSPS) is 11.1. The van der Waals surface area contributed by atoms with Crippen molar-refractivity contribution >= 4 is 0 Å². The summed E-state index contributed by atoms with van der Waals surface area (Å²) in [6.45, 7) is 7.64. The number of unbranched alkanes of at least 4 members (excludes halogenated alkanes) is 14. The molecule has 0 aliphatic carbocycles. The molecule has 1 nitrogen and oxygen atoms in total. The van der Waals surface area contributed by atoms with Crippen LogP contribution < -0.4 is 4.74 Å². The van der Waals surface area contributed by atoms with E-state index in [1.54, 1.807) is 0 Å².